The Balaban J connectivity index is 1.70. The molecule has 0 spiro atoms. The van der Waals surface area contributed by atoms with Crippen LogP contribution in [0, 0.1) is 0 Å². The molecule has 0 atom stereocenters. The van der Waals surface area contributed by atoms with E-state index in [2.05, 4.69) is 54.7 Å². The molecule has 0 unspecified atom stereocenters. The number of fused-ring (bicyclic) bond motifs is 1. The van der Waals surface area contributed by atoms with Gasteiger partial charge in [-0.3, -0.25) is 0 Å². The van der Waals surface area contributed by atoms with Gasteiger partial charge in [0.15, 0.2) is 0 Å². The van der Waals surface area contributed by atoms with E-state index in [4.69, 9.17) is 4.74 Å². The summed E-state index contributed by atoms with van der Waals surface area (Å²) >= 11 is 0. The minimum absolute atomic E-state index is 0.818. The van der Waals surface area contributed by atoms with Gasteiger partial charge in [-0.25, -0.2) is 0 Å². The molecule has 0 aromatic heterocycles. The standard InChI is InChI=1S/C18H21NO/c1-2-5-14-6-3-4-7-16(14)13-19-17-8-9-18-15(12-17)10-11-20-18/h3-4,6-9,12,19H,2,5,10-11,13H2,1H3. The van der Waals surface area contributed by atoms with E-state index in [0.29, 0.717) is 0 Å². The van der Waals surface area contributed by atoms with Gasteiger partial charge in [0.2, 0.25) is 0 Å². The normalized spacial score (nSPS) is 12.8. The Bertz CT molecular complexity index is 592. The molecule has 0 aliphatic carbocycles. The Morgan fingerprint density at radius 3 is 2.80 bits per heavy atom. The molecule has 2 heteroatoms. The molecule has 0 saturated heterocycles. The molecule has 0 saturated carbocycles. The van der Waals surface area contributed by atoms with E-state index in [1.54, 1.807) is 0 Å². The minimum Gasteiger partial charge on any atom is -0.493 e. The number of nitrogens with one attached hydrogen (secondary N) is 1. The van der Waals surface area contributed by atoms with Gasteiger partial charge in [-0.05, 0) is 41.3 Å². The number of hydrogen-bond donors (Lipinski definition) is 1. The second kappa shape index (κ2) is 6.00. The van der Waals surface area contributed by atoms with E-state index < -0.39 is 0 Å². The van der Waals surface area contributed by atoms with Gasteiger partial charge in [0.05, 0.1) is 6.61 Å². The fourth-order valence-electron chi connectivity index (χ4n) is 2.74. The summed E-state index contributed by atoms with van der Waals surface area (Å²) in [4.78, 5) is 0. The molecule has 104 valence electrons. The summed E-state index contributed by atoms with van der Waals surface area (Å²) < 4.78 is 5.54. The first-order valence-corrected chi connectivity index (χ1v) is 7.43. The van der Waals surface area contributed by atoms with Crippen LogP contribution < -0.4 is 10.1 Å². The maximum atomic E-state index is 5.54. The predicted molar refractivity (Wildman–Crippen MR) is 83.4 cm³/mol. The van der Waals surface area contributed by atoms with E-state index >= 15 is 0 Å². The van der Waals surface area contributed by atoms with Crippen LogP contribution in [0.2, 0.25) is 0 Å². The van der Waals surface area contributed by atoms with Gasteiger partial charge >= 0.3 is 0 Å². The highest BCUT2D eigenvalue weighted by molar-refractivity contribution is 5.52. The summed E-state index contributed by atoms with van der Waals surface area (Å²) in [7, 11) is 0. The highest BCUT2D eigenvalue weighted by Crippen LogP contribution is 2.28. The fraction of sp³-hybridized carbons (Fsp3) is 0.333. The van der Waals surface area contributed by atoms with Crippen LogP contribution in [0.25, 0.3) is 0 Å². The zero-order valence-electron chi connectivity index (χ0n) is 12.0. The number of ether oxygens (including phenoxy) is 1. The maximum Gasteiger partial charge on any atom is 0.122 e. The Labute approximate surface area is 120 Å². The molecule has 2 nitrogen and oxygen atoms in total. The first kappa shape index (κ1) is 13.0. The van der Waals surface area contributed by atoms with Gasteiger partial charge in [-0.2, -0.15) is 0 Å². The lowest BCUT2D eigenvalue weighted by Gasteiger charge is -2.11. The fourth-order valence-corrected chi connectivity index (χ4v) is 2.74. The van der Waals surface area contributed by atoms with Gasteiger partial charge in [-0.1, -0.05) is 37.6 Å². The molecule has 0 amide bonds. The number of hydrogen-bond acceptors (Lipinski definition) is 2. The number of anilines is 1. The maximum absolute atomic E-state index is 5.54. The third kappa shape index (κ3) is 2.79. The lowest BCUT2D eigenvalue weighted by molar-refractivity contribution is 0.357. The molecule has 0 fully saturated rings. The number of aryl methyl sites for hydroxylation is 1. The van der Waals surface area contributed by atoms with Crippen LogP contribution in [0.3, 0.4) is 0 Å². The molecule has 1 aliphatic rings. The average Bonchev–Trinajstić information content (AvgIpc) is 2.94. The van der Waals surface area contributed by atoms with Gasteiger partial charge in [0.25, 0.3) is 0 Å². The van der Waals surface area contributed by atoms with Crippen molar-refractivity contribution in [3.8, 4) is 5.75 Å². The topological polar surface area (TPSA) is 21.3 Å². The minimum atomic E-state index is 0.818. The van der Waals surface area contributed by atoms with E-state index in [-0.39, 0.29) is 0 Å². The average molecular weight is 267 g/mol. The van der Waals surface area contributed by atoms with Crippen LogP contribution in [-0.4, -0.2) is 6.61 Å². The molecule has 0 radical (unpaired) electrons. The van der Waals surface area contributed by atoms with Gasteiger partial charge in [0, 0.05) is 18.7 Å². The van der Waals surface area contributed by atoms with Crippen molar-refractivity contribution < 1.29 is 4.74 Å². The van der Waals surface area contributed by atoms with Crippen molar-refractivity contribution in [2.45, 2.75) is 32.7 Å². The van der Waals surface area contributed by atoms with Crippen molar-refractivity contribution in [3.63, 3.8) is 0 Å². The zero-order chi connectivity index (χ0) is 13.8. The van der Waals surface area contributed by atoms with Crippen molar-refractivity contribution in [1.29, 1.82) is 0 Å². The summed E-state index contributed by atoms with van der Waals surface area (Å²) in [5.41, 5.74) is 5.34. The Morgan fingerprint density at radius 2 is 1.95 bits per heavy atom. The molecular formula is C18H21NO. The molecule has 2 aromatic rings. The van der Waals surface area contributed by atoms with Crippen LogP contribution in [-0.2, 0) is 19.4 Å². The van der Waals surface area contributed by atoms with Gasteiger partial charge < -0.3 is 10.1 Å². The van der Waals surface area contributed by atoms with Gasteiger partial charge in [-0.15, -0.1) is 0 Å². The third-order valence-electron chi connectivity index (χ3n) is 3.81. The second-order valence-corrected chi connectivity index (χ2v) is 5.29. The lowest BCUT2D eigenvalue weighted by Crippen LogP contribution is -2.03. The van der Waals surface area contributed by atoms with Crippen molar-refractivity contribution in [3.05, 3.63) is 59.2 Å². The van der Waals surface area contributed by atoms with E-state index in [0.717, 1.165) is 31.7 Å². The Hall–Kier alpha value is -1.96. The van der Waals surface area contributed by atoms with Crippen LogP contribution in [0.1, 0.15) is 30.0 Å². The van der Waals surface area contributed by atoms with Crippen LogP contribution >= 0.6 is 0 Å². The summed E-state index contributed by atoms with van der Waals surface area (Å²) in [5, 5.41) is 3.53. The van der Waals surface area contributed by atoms with E-state index in [1.807, 2.05) is 0 Å². The molecular weight excluding hydrogens is 246 g/mol. The molecule has 20 heavy (non-hydrogen) atoms. The predicted octanol–water partition coefficient (Wildman–Crippen LogP) is 4.19. The SMILES string of the molecule is CCCc1ccccc1CNc1ccc2c(c1)CCO2. The summed E-state index contributed by atoms with van der Waals surface area (Å²) in [6.45, 7) is 3.93. The van der Waals surface area contributed by atoms with Crippen molar-refractivity contribution in [2.24, 2.45) is 0 Å². The van der Waals surface area contributed by atoms with Crippen molar-refractivity contribution in [2.75, 3.05) is 11.9 Å². The first-order chi connectivity index (χ1) is 9.86. The summed E-state index contributed by atoms with van der Waals surface area (Å²) in [6.07, 6.45) is 3.36. The number of benzene rings is 2. The monoisotopic (exact) mass is 267 g/mol. The quantitative estimate of drug-likeness (QED) is 0.877. The first-order valence-electron chi connectivity index (χ1n) is 7.43. The Kier molecular flexibility index (Phi) is 3.91. The van der Waals surface area contributed by atoms with Crippen LogP contribution in [0.4, 0.5) is 5.69 Å². The molecule has 1 heterocycles. The second-order valence-electron chi connectivity index (χ2n) is 5.29. The Morgan fingerprint density at radius 1 is 1.10 bits per heavy atom. The molecule has 1 aliphatic heterocycles. The van der Waals surface area contributed by atoms with Crippen molar-refractivity contribution in [1.82, 2.24) is 0 Å². The highest BCUT2D eigenvalue weighted by Gasteiger charge is 2.11. The molecule has 2 aromatic carbocycles. The summed E-state index contributed by atoms with van der Waals surface area (Å²) in [5.74, 6) is 1.04. The smallest absolute Gasteiger partial charge is 0.122 e. The third-order valence-corrected chi connectivity index (χ3v) is 3.81. The zero-order valence-corrected chi connectivity index (χ0v) is 12.0. The van der Waals surface area contributed by atoms with Crippen LogP contribution in [0.15, 0.2) is 42.5 Å². The number of rotatable bonds is 5. The molecule has 3 rings (SSSR count). The van der Waals surface area contributed by atoms with Crippen molar-refractivity contribution >= 4 is 5.69 Å². The van der Waals surface area contributed by atoms with Crippen LogP contribution in [0.5, 0.6) is 5.75 Å². The lowest BCUT2D eigenvalue weighted by atomic mass is 10.0. The van der Waals surface area contributed by atoms with Gasteiger partial charge in [0.1, 0.15) is 5.75 Å². The largest absolute Gasteiger partial charge is 0.493 e. The summed E-state index contributed by atoms with van der Waals surface area (Å²) in [6, 6.07) is 15.1. The molecule has 0 bridgehead atoms. The highest BCUT2D eigenvalue weighted by atomic mass is 16.5. The molecule has 1 N–H and O–H groups in total. The van der Waals surface area contributed by atoms with E-state index in [9.17, 15) is 0 Å². The van der Waals surface area contributed by atoms with E-state index in [1.165, 1.54) is 28.8 Å².